The number of aromatic nitrogens is 2. The summed E-state index contributed by atoms with van der Waals surface area (Å²) in [5.41, 5.74) is 2.37. The topological polar surface area (TPSA) is 76.5 Å². The van der Waals surface area contributed by atoms with Crippen molar-refractivity contribution in [1.82, 2.24) is 14.9 Å². The molecule has 0 spiro atoms. The number of benzene rings is 1. The molecule has 24 heavy (non-hydrogen) atoms. The largest absolute Gasteiger partial charge is 0.462 e. The van der Waals surface area contributed by atoms with Crippen molar-refractivity contribution in [3.63, 3.8) is 0 Å². The Morgan fingerprint density at radius 1 is 1.33 bits per heavy atom. The number of amides is 2. The number of imidazole rings is 1. The van der Waals surface area contributed by atoms with E-state index in [4.69, 9.17) is 4.74 Å². The maximum atomic E-state index is 12.0. The smallest absolute Gasteiger partial charge is 0.338 e. The van der Waals surface area contributed by atoms with Crippen LogP contribution in [0.4, 0.5) is 10.5 Å². The number of aryl methyl sites for hydroxylation is 2. The standard InChI is InChI=1S/C17H20N4O3/c1-20-12-18-11-15(20)3-2-10-24-16(22)13-4-6-14(7-5-13)21-9-8-19-17(21)23/h4-7,11-12H,2-3,8-10H2,1H3,(H,19,23). The van der Waals surface area contributed by atoms with Crippen molar-refractivity contribution in [2.75, 3.05) is 24.6 Å². The van der Waals surface area contributed by atoms with E-state index >= 15 is 0 Å². The molecular formula is C17H20N4O3. The highest BCUT2D eigenvalue weighted by atomic mass is 16.5. The van der Waals surface area contributed by atoms with Crippen LogP contribution in [0.3, 0.4) is 0 Å². The Hall–Kier alpha value is -2.83. The monoisotopic (exact) mass is 328 g/mol. The minimum Gasteiger partial charge on any atom is -0.462 e. The first kappa shape index (κ1) is 16.0. The molecule has 1 N–H and O–H groups in total. The second-order valence-corrected chi connectivity index (χ2v) is 5.67. The van der Waals surface area contributed by atoms with Crippen molar-refractivity contribution < 1.29 is 14.3 Å². The van der Waals surface area contributed by atoms with Crippen LogP contribution in [0, 0.1) is 0 Å². The normalized spacial score (nSPS) is 13.9. The molecule has 1 aromatic carbocycles. The molecule has 7 nitrogen and oxygen atoms in total. The van der Waals surface area contributed by atoms with Crippen LogP contribution in [-0.4, -0.2) is 41.2 Å². The first-order valence-electron chi connectivity index (χ1n) is 7.93. The van der Waals surface area contributed by atoms with E-state index < -0.39 is 0 Å². The molecule has 1 aliphatic heterocycles. The number of nitrogens with one attached hydrogen (secondary N) is 1. The first-order valence-corrected chi connectivity index (χ1v) is 7.93. The van der Waals surface area contributed by atoms with Gasteiger partial charge in [0.05, 0.1) is 18.5 Å². The SMILES string of the molecule is Cn1cncc1CCCOC(=O)c1ccc(N2CCNC2=O)cc1. The van der Waals surface area contributed by atoms with Gasteiger partial charge in [0.15, 0.2) is 0 Å². The molecule has 126 valence electrons. The van der Waals surface area contributed by atoms with E-state index in [1.165, 1.54) is 0 Å². The van der Waals surface area contributed by atoms with Gasteiger partial charge < -0.3 is 14.6 Å². The number of carbonyl (C=O) groups excluding carboxylic acids is 2. The second kappa shape index (κ2) is 7.16. The van der Waals surface area contributed by atoms with Gasteiger partial charge in [0.2, 0.25) is 0 Å². The van der Waals surface area contributed by atoms with Crippen molar-refractivity contribution in [2.45, 2.75) is 12.8 Å². The quantitative estimate of drug-likeness (QED) is 0.647. The van der Waals surface area contributed by atoms with Gasteiger partial charge in [-0.15, -0.1) is 0 Å². The third-order valence-corrected chi connectivity index (χ3v) is 4.00. The van der Waals surface area contributed by atoms with Crippen LogP contribution in [0.1, 0.15) is 22.5 Å². The summed E-state index contributed by atoms with van der Waals surface area (Å²) >= 11 is 0. The van der Waals surface area contributed by atoms with Crippen LogP contribution in [0.25, 0.3) is 0 Å². The summed E-state index contributed by atoms with van der Waals surface area (Å²) in [5.74, 6) is -0.350. The highest BCUT2D eigenvalue weighted by Crippen LogP contribution is 2.17. The summed E-state index contributed by atoms with van der Waals surface area (Å²) in [6.45, 7) is 1.64. The predicted octanol–water partition coefficient (Wildman–Crippen LogP) is 1.74. The Balaban J connectivity index is 1.48. The lowest BCUT2D eigenvalue weighted by molar-refractivity contribution is 0.0500. The lowest BCUT2D eigenvalue weighted by Gasteiger charge is -2.14. The molecule has 2 heterocycles. The third kappa shape index (κ3) is 3.56. The van der Waals surface area contributed by atoms with Crippen LogP contribution in [0.15, 0.2) is 36.8 Å². The number of hydrogen-bond acceptors (Lipinski definition) is 4. The molecule has 0 atom stereocenters. The Kier molecular flexibility index (Phi) is 4.79. The molecule has 0 saturated carbocycles. The molecule has 2 aromatic rings. The number of carbonyl (C=O) groups is 2. The average Bonchev–Trinajstić information content (AvgIpc) is 3.20. The Morgan fingerprint density at radius 2 is 2.12 bits per heavy atom. The maximum absolute atomic E-state index is 12.0. The number of anilines is 1. The molecule has 1 fully saturated rings. The summed E-state index contributed by atoms with van der Waals surface area (Å²) in [7, 11) is 1.94. The van der Waals surface area contributed by atoms with Crippen LogP contribution in [0.2, 0.25) is 0 Å². The van der Waals surface area contributed by atoms with Crippen LogP contribution in [-0.2, 0) is 18.2 Å². The average molecular weight is 328 g/mol. The molecule has 0 aliphatic carbocycles. The van der Waals surface area contributed by atoms with Crippen LogP contribution >= 0.6 is 0 Å². The number of ether oxygens (including phenoxy) is 1. The molecule has 3 rings (SSSR count). The molecule has 0 radical (unpaired) electrons. The molecule has 0 unspecified atom stereocenters. The fourth-order valence-corrected chi connectivity index (χ4v) is 2.62. The zero-order valence-electron chi connectivity index (χ0n) is 13.6. The first-order chi connectivity index (χ1) is 11.6. The summed E-state index contributed by atoms with van der Waals surface area (Å²) in [4.78, 5) is 29.3. The summed E-state index contributed by atoms with van der Waals surface area (Å²) in [6, 6.07) is 6.78. The number of hydrogen-bond donors (Lipinski definition) is 1. The van der Waals surface area contributed by atoms with Gasteiger partial charge in [0.25, 0.3) is 0 Å². The van der Waals surface area contributed by atoms with Crippen LogP contribution < -0.4 is 10.2 Å². The van der Waals surface area contributed by atoms with Crippen LogP contribution in [0.5, 0.6) is 0 Å². The zero-order valence-corrected chi connectivity index (χ0v) is 13.6. The van der Waals surface area contributed by atoms with E-state index in [0.29, 0.717) is 25.3 Å². The van der Waals surface area contributed by atoms with Gasteiger partial charge in [-0.2, -0.15) is 0 Å². The number of rotatable bonds is 6. The van der Waals surface area contributed by atoms with Gasteiger partial charge in [-0.3, -0.25) is 4.90 Å². The lowest BCUT2D eigenvalue weighted by atomic mass is 10.2. The van der Waals surface area contributed by atoms with Crippen molar-refractivity contribution in [3.05, 3.63) is 48.0 Å². The Labute approximate surface area is 140 Å². The minimum atomic E-state index is -0.350. The summed E-state index contributed by atoms with van der Waals surface area (Å²) in [5, 5.41) is 2.74. The molecule has 1 saturated heterocycles. The van der Waals surface area contributed by atoms with Crippen molar-refractivity contribution in [1.29, 1.82) is 0 Å². The van der Waals surface area contributed by atoms with Gasteiger partial charge in [-0.05, 0) is 37.1 Å². The van der Waals surface area contributed by atoms with Gasteiger partial charge in [-0.25, -0.2) is 14.6 Å². The predicted molar refractivity (Wildman–Crippen MR) is 89.0 cm³/mol. The van der Waals surface area contributed by atoms with Crippen molar-refractivity contribution >= 4 is 17.7 Å². The van der Waals surface area contributed by atoms with Gasteiger partial charge in [0.1, 0.15) is 0 Å². The van der Waals surface area contributed by atoms with Crippen molar-refractivity contribution in [2.24, 2.45) is 7.05 Å². The number of esters is 1. The molecule has 1 aliphatic rings. The maximum Gasteiger partial charge on any atom is 0.338 e. The third-order valence-electron chi connectivity index (χ3n) is 4.00. The van der Waals surface area contributed by atoms with E-state index in [2.05, 4.69) is 10.3 Å². The van der Waals surface area contributed by atoms with E-state index in [-0.39, 0.29) is 12.0 Å². The fourth-order valence-electron chi connectivity index (χ4n) is 2.62. The van der Waals surface area contributed by atoms with Crippen molar-refractivity contribution in [3.8, 4) is 0 Å². The molecule has 2 amide bonds. The summed E-state index contributed by atoms with van der Waals surface area (Å²) in [6.07, 6.45) is 5.13. The highest BCUT2D eigenvalue weighted by Gasteiger charge is 2.21. The number of nitrogens with zero attached hydrogens (tertiary/aromatic N) is 3. The van der Waals surface area contributed by atoms with Gasteiger partial charge in [-0.1, -0.05) is 0 Å². The Morgan fingerprint density at radius 3 is 2.75 bits per heavy atom. The summed E-state index contributed by atoms with van der Waals surface area (Å²) < 4.78 is 7.24. The molecule has 7 heteroatoms. The molecular weight excluding hydrogens is 308 g/mol. The van der Waals surface area contributed by atoms with E-state index in [1.807, 2.05) is 17.8 Å². The zero-order chi connectivity index (χ0) is 16.9. The fraction of sp³-hybridized carbons (Fsp3) is 0.353. The van der Waals surface area contributed by atoms with Gasteiger partial charge >= 0.3 is 12.0 Å². The molecule has 0 bridgehead atoms. The second-order valence-electron chi connectivity index (χ2n) is 5.67. The lowest BCUT2D eigenvalue weighted by Crippen LogP contribution is -2.27. The molecule has 1 aromatic heterocycles. The van der Waals surface area contributed by atoms with E-state index in [9.17, 15) is 9.59 Å². The van der Waals surface area contributed by atoms with E-state index in [1.54, 1.807) is 35.5 Å². The van der Waals surface area contributed by atoms with E-state index in [0.717, 1.165) is 24.2 Å². The van der Waals surface area contributed by atoms with Gasteiger partial charge in [0, 0.05) is 37.7 Å². The number of urea groups is 1. The Bertz CT molecular complexity index is 724. The highest BCUT2D eigenvalue weighted by molar-refractivity contribution is 5.95. The minimum absolute atomic E-state index is 0.111.